The summed E-state index contributed by atoms with van der Waals surface area (Å²) in [5.74, 6) is -0.147. The van der Waals surface area contributed by atoms with E-state index >= 15 is 0 Å². The third kappa shape index (κ3) is 4.14. The Morgan fingerprint density at radius 2 is 1.92 bits per heavy atom. The van der Waals surface area contributed by atoms with Gasteiger partial charge in [0, 0.05) is 44.0 Å². The number of ether oxygens (including phenoxy) is 1. The number of rotatable bonds is 4. The van der Waals surface area contributed by atoms with Gasteiger partial charge >= 0.3 is 0 Å². The molecule has 0 spiro atoms. The molecule has 0 radical (unpaired) electrons. The number of carbonyl (C=O) groups excluding carboxylic acids is 1. The summed E-state index contributed by atoms with van der Waals surface area (Å²) >= 11 is 0. The van der Waals surface area contributed by atoms with Crippen LogP contribution in [-0.2, 0) is 4.79 Å². The van der Waals surface area contributed by atoms with Crippen LogP contribution >= 0.6 is 0 Å². The molecule has 0 aliphatic carbocycles. The fraction of sp³-hybridized carbons (Fsp3) is 0.250. The standard InChI is InChI=1S/C20H21FN2O3/c1-26-19-7-5-15(13-18(19)21)6-8-20(25)23-11-9-22(10-12-23)16-3-2-4-17(24)14-16/h2-8,13-14,24H,9-12H2,1H3. The Morgan fingerprint density at radius 3 is 2.58 bits per heavy atom. The fourth-order valence-corrected chi connectivity index (χ4v) is 2.93. The van der Waals surface area contributed by atoms with Gasteiger partial charge in [-0.1, -0.05) is 12.1 Å². The Kier molecular flexibility index (Phi) is 5.41. The van der Waals surface area contributed by atoms with Gasteiger partial charge in [-0.25, -0.2) is 4.39 Å². The maximum atomic E-state index is 13.7. The zero-order valence-corrected chi connectivity index (χ0v) is 14.6. The molecule has 0 unspecified atom stereocenters. The van der Waals surface area contributed by atoms with Crippen LogP contribution in [-0.4, -0.2) is 49.2 Å². The highest BCUT2D eigenvalue weighted by molar-refractivity contribution is 5.92. The maximum Gasteiger partial charge on any atom is 0.246 e. The van der Waals surface area contributed by atoms with Crippen LogP contribution in [0.25, 0.3) is 6.08 Å². The van der Waals surface area contributed by atoms with Crippen LogP contribution in [0.3, 0.4) is 0 Å². The number of aromatic hydroxyl groups is 1. The average Bonchev–Trinajstić information content (AvgIpc) is 2.66. The van der Waals surface area contributed by atoms with Gasteiger partial charge in [-0.2, -0.15) is 0 Å². The molecule has 0 aromatic heterocycles. The van der Waals surface area contributed by atoms with Gasteiger partial charge < -0.3 is 19.6 Å². The Hall–Kier alpha value is -3.02. The molecular weight excluding hydrogens is 335 g/mol. The van der Waals surface area contributed by atoms with Crippen molar-refractivity contribution < 1.29 is 19.0 Å². The van der Waals surface area contributed by atoms with E-state index in [1.165, 1.54) is 25.3 Å². The Balaban J connectivity index is 1.57. The van der Waals surface area contributed by atoms with Gasteiger partial charge in [0.1, 0.15) is 5.75 Å². The quantitative estimate of drug-likeness (QED) is 0.856. The van der Waals surface area contributed by atoms with Gasteiger partial charge in [-0.3, -0.25) is 4.79 Å². The van der Waals surface area contributed by atoms with Crippen LogP contribution in [0, 0.1) is 5.82 Å². The molecule has 136 valence electrons. The molecule has 0 saturated carbocycles. The van der Waals surface area contributed by atoms with E-state index < -0.39 is 5.82 Å². The molecule has 0 atom stereocenters. The summed E-state index contributed by atoms with van der Waals surface area (Å²) in [5, 5.41) is 9.58. The lowest BCUT2D eigenvalue weighted by molar-refractivity contribution is -0.126. The lowest BCUT2D eigenvalue weighted by Crippen LogP contribution is -2.48. The number of halogens is 1. The van der Waals surface area contributed by atoms with Crippen LogP contribution < -0.4 is 9.64 Å². The minimum absolute atomic E-state index is 0.100. The average molecular weight is 356 g/mol. The van der Waals surface area contributed by atoms with Gasteiger partial charge in [0.2, 0.25) is 5.91 Å². The highest BCUT2D eigenvalue weighted by Gasteiger charge is 2.20. The van der Waals surface area contributed by atoms with Crippen LogP contribution in [0.2, 0.25) is 0 Å². The van der Waals surface area contributed by atoms with Crippen molar-refractivity contribution in [2.24, 2.45) is 0 Å². The second-order valence-electron chi connectivity index (χ2n) is 6.06. The number of hydrogen-bond acceptors (Lipinski definition) is 4. The van der Waals surface area contributed by atoms with Crippen LogP contribution in [0.4, 0.5) is 10.1 Å². The summed E-state index contributed by atoms with van der Waals surface area (Å²) in [5.41, 5.74) is 1.55. The highest BCUT2D eigenvalue weighted by Crippen LogP contribution is 2.22. The third-order valence-electron chi connectivity index (χ3n) is 4.38. The van der Waals surface area contributed by atoms with Crippen molar-refractivity contribution in [2.75, 3.05) is 38.2 Å². The number of anilines is 1. The SMILES string of the molecule is COc1ccc(C=CC(=O)N2CCN(c3cccc(O)c3)CC2)cc1F. The van der Waals surface area contributed by atoms with E-state index in [-0.39, 0.29) is 17.4 Å². The molecule has 1 fully saturated rings. The number of carbonyl (C=O) groups is 1. The van der Waals surface area contributed by atoms with Crippen molar-refractivity contribution in [2.45, 2.75) is 0 Å². The number of phenolic OH excluding ortho intramolecular Hbond substituents is 1. The molecule has 2 aromatic carbocycles. The Labute approximate surface area is 151 Å². The Morgan fingerprint density at radius 1 is 1.15 bits per heavy atom. The molecule has 1 aliphatic heterocycles. The van der Waals surface area contributed by atoms with Gasteiger partial charge in [0.05, 0.1) is 7.11 Å². The number of nitrogens with zero attached hydrogens (tertiary/aromatic N) is 2. The molecule has 1 amide bonds. The summed E-state index contributed by atoms with van der Waals surface area (Å²) in [6, 6.07) is 11.7. The van der Waals surface area contributed by atoms with E-state index in [4.69, 9.17) is 4.74 Å². The summed E-state index contributed by atoms with van der Waals surface area (Å²) in [7, 11) is 1.41. The van der Waals surface area contributed by atoms with Gasteiger partial charge in [-0.15, -0.1) is 0 Å². The Bertz CT molecular complexity index is 814. The molecule has 1 heterocycles. The number of benzene rings is 2. The topological polar surface area (TPSA) is 53.0 Å². The number of hydrogen-bond donors (Lipinski definition) is 1. The van der Waals surface area contributed by atoms with E-state index in [0.29, 0.717) is 31.7 Å². The number of piperazine rings is 1. The highest BCUT2D eigenvalue weighted by atomic mass is 19.1. The van der Waals surface area contributed by atoms with E-state index in [2.05, 4.69) is 4.90 Å². The van der Waals surface area contributed by atoms with Gasteiger partial charge in [0.25, 0.3) is 0 Å². The first-order chi connectivity index (χ1) is 12.6. The van der Waals surface area contributed by atoms with Crippen LogP contribution in [0.1, 0.15) is 5.56 Å². The minimum atomic E-state index is -0.457. The minimum Gasteiger partial charge on any atom is -0.508 e. The largest absolute Gasteiger partial charge is 0.508 e. The molecule has 6 heteroatoms. The van der Waals surface area contributed by atoms with Crippen LogP contribution in [0.15, 0.2) is 48.5 Å². The zero-order valence-electron chi connectivity index (χ0n) is 14.6. The fourth-order valence-electron chi connectivity index (χ4n) is 2.93. The molecule has 26 heavy (non-hydrogen) atoms. The molecule has 1 N–H and O–H groups in total. The van der Waals surface area contributed by atoms with Crippen LogP contribution in [0.5, 0.6) is 11.5 Å². The second-order valence-corrected chi connectivity index (χ2v) is 6.06. The number of methoxy groups -OCH3 is 1. The van der Waals surface area contributed by atoms with Crippen molar-refractivity contribution in [1.82, 2.24) is 4.90 Å². The molecular formula is C20H21FN2O3. The lowest BCUT2D eigenvalue weighted by Gasteiger charge is -2.35. The molecule has 5 nitrogen and oxygen atoms in total. The summed E-state index contributed by atoms with van der Waals surface area (Å²) in [6.45, 7) is 2.58. The van der Waals surface area contributed by atoms with E-state index in [1.807, 2.05) is 6.07 Å². The first kappa shape index (κ1) is 17.8. The monoisotopic (exact) mass is 356 g/mol. The van der Waals surface area contributed by atoms with Crippen molar-refractivity contribution in [3.63, 3.8) is 0 Å². The van der Waals surface area contributed by atoms with E-state index in [0.717, 1.165) is 5.69 Å². The molecule has 3 rings (SSSR count). The van der Waals surface area contributed by atoms with E-state index in [9.17, 15) is 14.3 Å². The molecule has 1 aliphatic rings. The van der Waals surface area contributed by atoms with Crippen molar-refractivity contribution in [3.05, 3.63) is 59.9 Å². The smallest absolute Gasteiger partial charge is 0.246 e. The van der Waals surface area contributed by atoms with Crippen molar-refractivity contribution in [1.29, 1.82) is 0 Å². The molecule has 2 aromatic rings. The second kappa shape index (κ2) is 7.91. The van der Waals surface area contributed by atoms with Gasteiger partial charge in [-0.05, 0) is 35.9 Å². The van der Waals surface area contributed by atoms with Crippen molar-refractivity contribution in [3.8, 4) is 11.5 Å². The first-order valence-electron chi connectivity index (χ1n) is 8.41. The molecule has 0 bridgehead atoms. The summed E-state index contributed by atoms with van der Waals surface area (Å²) in [6.07, 6.45) is 3.07. The molecule has 1 saturated heterocycles. The summed E-state index contributed by atoms with van der Waals surface area (Å²) in [4.78, 5) is 16.2. The predicted molar refractivity (Wildman–Crippen MR) is 98.9 cm³/mol. The zero-order chi connectivity index (χ0) is 18.5. The van der Waals surface area contributed by atoms with Crippen molar-refractivity contribution >= 4 is 17.7 Å². The van der Waals surface area contributed by atoms with Gasteiger partial charge in [0.15, 0.2) is 11.6 Å². The number of phenols is 1. The lowest BCUT2D eigenvalue weighted by atomic mass is 10.2. The summed E-state index contributed by atoms with van der Waals surface area (Å²) < 4.78 is 18.6. The number of amides is 1. The predicted octanol–water partition coefficient (Wildman–Crippen LogP) is 2.90. The first-order valence-corrected chi connectivity index (χ1v) is 8.41. The normalized spacial score (nSPS) is 14.7. The van der Waals surface area contributed by atoms with E-state index in [1.54, 1.807) is 35.2 Å². The third-order valence-corrected chi connectivity index (χ3v) is 4.38. The maximum absolute atomic E-state index is 13.7.